The minimum atomic E-state index is -0.346. The number of hydrogen-bond acceptors (Lipinski definition) is 4. The van der Waals surface area contributed by atoms with Crippen LogP contribution in [0.25, 0.3) is 0 Å². The molecule has 3 aromatic rings. The molecule has 1 aromatic heterocycles. The SMILES string of the molecule is COc1ccccc1C(=O)N/N=C(\c1ccccc1)c1ccccn1. The van der Waals surface area contributed by atoms with Crippen molar-refractivity contribution in [1.82, 2.24) is 10.4 Å². The van der Waals surface area contributed by atoms with Crippen LogP contribution in [0.4, 0.5) is 0 Å². The number of amides is 1. The summed E-state index contributed by atoms with van der Waals surface area (Å²) >= 11 is 0. The van der Waals surface area contributed by atoms with Gasteiger partial charge in [0.25, 0.3) is 5.91 Å². The molecule has 0 unspecified atom stereocenters. The molecule has 0 spiro atoms. The first-order valence-corrected chi connectivity index (χ1v) is 7.77. The van der Waals surface area contributed by atoms with Crippen LogP contribution in [-0.4, -0.2) is 23.7 Å². The van der Waals surface area contributed by atoms with Crippen LogP contribution in [0.2, 0.25) is 0 Å². The van der Waals surface area contributed by atoms with Crippen molar-refractivity contribution in [2.75, 3.05) is 7.11 Å². The predicted molar refractivity (Wildman–Crippen MR) is 96.8 cm³/mol. The van der Waals surface area contributed by atoms with E-state index in [4.69, 9.17) is 4.74 Å². The van der Waals surface area contributed by atoms with Gasteiger partial charge in [-0.1, -0.05) is 48.5 Å². The number of nitrogens with zero attached hydrogens (tertiary/aromatic N) is 2. The molecule has 124 valence electrons. The van der Waals surface area contributed by atoms with Gasteiger partial charge in [-0.15, -0.1) is 0 Å². The summed E-state index contributed by atoms with van der Waals surface area (Å²) in [7, 11) is 1.53. The zero-order chi connectivity index (χ0) is 17.5. The van der Waals surface area contributed by atoms with Crippen LogP contribution in [0.3, 0.4) is 0 Å². The Morgan fingerprint density at radius 2 is 1.68 bits per heavy atom. The van der Waals surface area contributed by atoms with Crippen LogP contribution < -0.4 is 10.2 Å². The van der Waals surface area contributed by atoms with E-state index in [-0.39, 0.29) is 5.91 Å². The molecule has 0 fully saturated rings. The van der Waals surface area contributed by atoms with Gasteiger partial charge in [0.15, 0.2) is 0 Å². The lowest BCUT2D eigenvalue weighted by atomic mass is 10.1. The van der Waals surface area contributed by atoms with Gasteiger partial charge in [0.2, 0.25) is 0 Å². The van der Waals surface area contributed by atoms with E-state index in [0.717, 1.165) is 5.56 Å². The topological polar surface area (TPSA) is 63.6 Å². The fraction of sp³-hybridized carbons (Fsp3) is 0.0500. The Labute approximate surface area is 146 Å². The number of methoxy groups -OCH3 is 1. The van der Waals surface area contributed by atoms with Crippen molar-refractivity contribution in [3.63, 3.8) is 0 Å². The van der Waals surface area contributed by atoms with Crippen molar-refractivity contribution >= 4 is 11.6 Å². The predicted octanol–water partition coefficient (Wildman–Crippen LogP) is 3.27. The lowest BCUT2D eigenvalue weighted by Gasteiger charge is -2.09. The molecule has 2 aromatic carbocycles. The molecule has 25 heavy (non-hydrogen) atoms. The second-order valence-electron chi connectivity index (χ2n) is 5.18. The van der Waals surface area contributed by atoms with E-state index in [1.165, 1.54) is 7.11 Å². The molecule has 0 aliphatic carbocycles. The highest BCUT2D eigenvalue weighted by Crippen LogP contribution is 2.17. The number of carbonyl (C=O) groups is 1. The van der Waals surface area contributed by atoms with Crippen molar-refractivity contribution in [3.8, 4) is 5.75 Å². The average molecular weight is 331 g/mol. The maximum absolute atomic E-state index is 12.5. The maximum Gasteiger partial charge on any atom is 0.275 e. The minimum Gasteiger partial charge on any atom is -0.496 e. The summed E-state index contributed by atoms with van der Waals surface area (Å²) in [6.07, 6.45) is 1.69. The smallest absolute Gasteiger partial charge is 0.275 e. The number of benzene rings is 2. The Balaban J connectivity index is 1.93. The van der Waals surface area contributed by atoms with E-state index in [1.807, 2.05) is 54.6 Å². The normalized spacial score (nSPS) is 11.0. The Hall–Kier alpha value is -3.47. The Kier molecular flexibility index (Phi) is 5.16. The van der Waals surface area contributed by atoms with Crippen molar-refractivity contribution < 1.29 is 9.53 Å². The molecule has 0 bridgehead atoms. The van der Waals surface area contributed by atoms with Gasteiger partial charge in [0.1, 0.15) is 11.5 Å². The number of hydrazone groups is 1. The molecule has 5 heteroatoms. The third kappa shape index (κ3) is 3.90. The number of carbonyl (C=O) groups excluding carboxylic acids is 1. The van der Waals surface area contributed by atoms with Crippen molar-refractivity contribution in [2.24, 2.45) is 5.10 Å². The highest BCUT2D eigenvalue weighted by molar-refractivity contribution is 6.12. The van der Waals surface area contributed by atoms with Crippen LogP contribution in [0.1, 0.15) is 21.6 Å². The molecular formula is C20H17N3O2. The number of rotatable bonds is 5. The molecule has 1 N–H and O–H groups in total. The standard InChI is InChI=1S/C20H17N3O2/c1-25-18-13-6-5-11-16(18)20(24)23-22-19(15-9-3-2-4-10-15)17-12-7-8-14-21-17/h2-14H,1H3,(H,23,24)/b22-19+. The first kappa shape index (κ1) is 16.4. The van der Waals surface area contributed by atoms with E-state index in [9.17, 15) is 4.79 Å². The monoisotopic (exact) mass is 331 g/mol. The summed E-state index contributed by atoms with van der Waals surface area (Å²) in [5, 5.41) is 4.31. The van der Waals surface area contributed by atoms with Gasteiger partial charge in [0.05, 0.1) is 18.4 Å². The molecule has 0 atom stereocenters. The number of ether oxygens (including phenoxy) is 1. The number of para-hydroxylation sites is 1. The summed E-state index contributed by atoms with van der Waals surface area (Å²) in [6, 6.07) is 22.1. The van der Waals surface area contributed by atoms with Gasteiger partial charge in [-0.05, 0) is 24.3 Å². The first-order chi connectivity index (χ1) is 12.3. The highest BCUT2D eigenvalue weighted by Gasteiger charge is 2.13. The average Bonchev–Trinajstić information content (AvgIpc) is 2.69. The summed E-state index contributed by atoms with van der Waals surface area (Å²) < 4.78 is 5.22. The lowest BCUT2D eigenvalue weighted by molar-refractivity contribution is 0.0952. The molecule has 1 amide bonds. The van der Waals surface area contributed by atoms with E-state index in [2.05, 4.69) is 15.5 Å². The van der Waals surface area contributed by atoms with Crippen LogP contribution in [0.5, 0.6) is 5.75 Å². The third-order valence-corrected chi connectivity index (χ3v) is 3.58. The second-order valence-corrected chi connectivity index (χ2v) is 5.18. The summed E-state index contributed by atoms with van der Waals surface area (Å²) in [5.74, 6) is 0.149. The Bertz CT molecular complexity index is 836. The molecule has 1 heterocycles. The maximum atomic E-state index is 12.5. The van der Waals surface area contributed by atoms with Crippen LogP contribution in [0.15, 0.2) is 84.1 Å². The molecule has 0 aliphatic rings. The largest absolute Gasteiger partial charge is 0.496 e. The Morgan fingerprint density at radius 3 is 2.40 bits per heavy atom. The summed E-state index contributed by atoms with van der Waals surface area (Å²) in [4.78, 5) is 16.8. The summed E-state index contributed by atoms with van der Waals surface area (Å²) in [6.45, 7) is 0. The van der Waals surface area contributed by atoms with Crippen molar-refractivity contribution in [2.45, 2.75) is 0 Å². The summed E-state index contributed by atoms with van der Waals surface area (Å²) in [5.41, 5.74) is 5.14. The molecular weight excluding hydrogens is 314 g/mol. The van der Waals surface area contributed by atoms with Gasteiger partial charge in [-0.25, -0.2) is 5.43 Å². The minimum absolute atomic E-state index is 0.346. The van der Waals surface area contributed by atoms with Crippen LogP contribution in [0, 0.1) is 0 Å². The van der Waals surface area contributed by atoms with Crippen LogP contribution >= 0.6 is 0 Å². The lowest BCUT2D eigenvalue weighted by Crippen LogP contribution is -2.21. The third-order valence-electron chi connectivity index (χ3n) is 3.58. The van der Waals surface area contributed by atoms with Gasteiger partial charge in [-0.3, -0.25) is 9.78 Å². The second kappa shape index (κ2) is 7.88. The quantitative estimate of drug-likeness (QED) is 0.576. The highest BCUT2D eigenvalue weighted by atomic mass is 16.5. The van der Waals surface area contributed by atoms with Gasteiger partial charge in [-0.2, -0.15) is 5.10 Å². The molecule has 0 saturated heterocycles. The van der Waals surface area contributed by atoms with E-state index in [1.54, 1.807) is 24.4 Å². The number of hydrogen-bond donors (Lipinski definition) is 1. The Morgan fingerprint density at radius 1 is 0.960 bits per heavy atom. The number of nitrogens with one attached hydrogen (secondary N) is 1. The molecule has 0 aliphatic heterocycles. The van der Waals surface area contributed by atoms with Gasteiger partial charge in [0, 0.05) is 11.8 Å². The molecule has 5 nitrogen and oxygen atoms in total. The number of pyridine rings is 1. The molecule has 0 radical (unpaired) electrons. The zero-order valence-corrected chi connectivity index (χ0v) is 13.7. The fourth-order valence-corrected chi connectivity index (χ4v) is 2.37. The fourth-order valence-electron chi connectivity index (χ4n) is 2.37. The van der Waals surface area contributed by atoms with E-state index >= 15 is 0 Å². The molecule has 0 saturated carbocycles. The van der Waals surface area contributed by atoms with Crippen molar-refractivity contribution in [3.05, 3.63) is 95.8 Å². The van der Waals surface area contributed by atoms with E-state index < -0.39 is 0 Å². The van der Waals surface area contributed by atoms with Gasteiger partial charge >= 0.3 is 0 Å². The van der Waals surface area contributed by atoms with Crippen LogP contribution in [-0.2, 0) is 0 Å². The zero-order valence-electron chi connectivity index (χ0n) is 13.7. The first-order valence-electron chi connectivity index (χ1n) is 7.77. The van der Waals surface area contributed by atoms with Gasteiger partial charge < -0.3 is 4.74 Å². The van der Waals surface area contributed by atoms with Crippen molar-refractivity contribution in [1.29, 1.82) is 0 Å². The van der Waals surface area contributed by atoms with E-state index in [0.29, 0.717) is 22.7 Å². The number of aromatic nitrogens is 1. The molecule has 3 rings (SSSR count).